The Balaban J connectivity index is 1.91. The van der Waals surface area contributed by atoms with Crippen LogP contribution in [0.3, 0.4) is 0 Å². The average Bonchev–Trinajstić information content (AvgIpc) is 2.88. The Kier molecular flexibility index (Phi) is 5.73. The molecule has 1 aliphatic rings. The van der Waals surface area contributed by atoms with Gasteiger partial charge in [-0.25, -0.2) is 4.39 Å². The summed E-state index contributed by atoms with van der Waals surface area (Å²) in [6, 6.07) is 7.26. The Morgan fingerprint density at radius 1 is 1.33 bits per heavy atom. The molecule has 3 nitrogen and oxygen atoms in total. The number of hydrogen-bond donors (Lipinski definition) is 1. The topological polar surface area (TPSA) is 24.5 Å². The molecule has 0 aromatic heterocycles. The van der Waals surface area contributed by atoms with E-state index in [1.54, 1.807) is 0 Å². The molecule has 0 spiro atoms. The summed E-state index contributed by atoms with van der Waals surface area (Å²) in [5, 5.41) is 3.55. The summed E-state index contributed by atoms with van der Waals surface area (Å²) in [6.45, 7) is 8.83. The van der Waals surface area contributed by atoms with Gasteiger partial charge in [0.15, 0.2) is 0 Å². The number of rotatable bonds is 7. The lowest BCUT2D eigenvalue weighted by atomic mass is 9.86. The molecule has 0 bridgehead atoms. The van der Waals surface area contributed by atoms with Crippen molar-refractivity contribution in [3.63, 3.8) is 0 Å². The summed E-state index contributed by atoms with van der Waals surface area (Å²) < 4.78 is 18.6. The van der Waals surface area contributed by atoms with Crippen molar-refractivity contribution in [3.8, 4) is 0 Å². The van der Waals surface area contributed by atoms with E-state index in [0.29, 0.717) is 6.04 Å². The van der Waals surface area contributed by atoms with Crippen LogP contribution in [0.15, 0.2) is 24.3 Å². The largest absolute Gasteiger partial charge is 0.381 e. The predicted octanol–water partition coefficient (Wildman–Crippen LogP) is 2.66. The number of halogens is 1. The summed E-state index contributed by atoms with van der Waals surface area (Å²) in [6.07, 6.45) is 1.10. The molecule has 21 heavy (non-hydrogen) atoms. The van der Waals surface area contributed by atoms with Crippen LogP contribution in [0, 0.1) is 11.2 Å². The van der Waals surface area contributed by atoms with Gasteiger partial charge in [0.25, 0.3) is 0 Å². The first-order valence-electron chi connectivity index (χ1n) is 7.73. The molecule has 0 aliphatic carbocycles. The molecule has 1 aromatic rings. The molecule has 1 aromatic carbocycles. The van der Waals surface area contributed by atoms with Crippen molar-refractivity contribution in [1.29, 1.82) is 0 Å². The molecule has 0 radical (unpaired) electrons. The summed E-state index contributed by atoms with van der Waals surface area (Å²) in [4.78, 5) is 2.31. The fourth-order valence-electron chi connectivity index (χ4n) is 2.92. The Morgan fingerprint density at radius 2 is 2.05 bits per heavy atom. The van der Waals surface area contributed by atoms with E-state index >= 15 is 0 Å². The monoisotopic (exact) mass is 294 g/mol. The second kappa shape index (κ2) is 7.34. The Bertz CT molecular complexity index is 427. The van der Waals surface area contributed by atoms with Gasteiger partial charge < -0.3 is 15.0 Å². The van der Waals surface area contributed by atoms with E-state index in [-0.39, 0.29) is 11.2 Å². The van der Waals surface area contributed by atoms with E-state index in [1.165, 1.54) is 12.1 Å². The lowest BCUT2D eigenvalue weighted by Crippen LogP contribution is -2.45. The summed E-state index contributed by atoms with van der Waals surface area (Å²) in [7, 11) is 2.12. The third kappa shape index (κ3) is 5.06. The smallest absolute Gasteiger partial charge is 0.123 e. The highest BCUT2D eigenvalue weighted by molar-refractivity contribution is 5.15. The molecule has 118 valence electrons. The van der Waals surface area contributed by atoms with Gasteiger partial charge in [-0.1, -0.05) is 26.0 Å². The molecule has 1 unspecified atom stereocenters. The lowest BCUT2D eigenvalue weighted by molar-refractivity contribution is 0.115. The zero-order chi connectivity index (χ0) is 15.3. The highest BCUT2D eigenvalue weighted by Gasteiger charge is 2.35. The van der Waals surface area contributed by atoms with Gasteiger partial charge in [-0.05, 0) is 31.2 Å². The molecule has 0 saturated carbocycles. The van der Waals surface area contributed by atoms with Crippen molar-refractivity contribution in [2.24, 2.45) is 5.41 Å². The Morgan fingerprint density at radius 3 is 2.62 bits per heavy atom. The molecule has 4 heteroatoms. The van der Waals surface area contributed by atoms with Crippen LogP contribution >= 0.6 is 0 Å². The van der Waals surface area contributed by atoms with Gasteiger partial charge in [-0.2, -0.15) is 0 Å². The number of ether oxygens (including phenoxy) is 1. The molecular weight excluding hydrogens is 267 g/mol. The SMILES string of the molecule is CC(C)NCC1(CN(C)Cc2ccc(F)cc2)CCOC1. The van der Waals surface area contributed by atoms with Crippen molar-refractivity contribution >= 4 is 0 Å². The minimum absolute atomic E-state index is 0.178. The van der Waals surface area contributed by atoms with E-state index in [9.17, 15) is 4.39 Å². The van der Waals surface area contributed by atoms with Crippen LogP contribution in [-0.2, 0) is 11.3 Å². The minimum Gasteiger partial charge on any atom is -0.381 e. The van der Waals surface area contributed by atoms with Crippen molar-refractivity contribution in [2.75, 3.05) is 33.4 Å². The number of benzene rings is 1. The van der Waals surface area contributed by atoms with Crippen LogP contribution in [0.1, 0.15) is 25.8 Å². The van der Waals surface area contributed by atoms with E-state index in [1.807, 2.05) is 12.1 Å². The number of hydrogen-bond acceptors (Lipinski definition) is 3. The van der Waals surface area contributed by atoms with Gasteiger partial charge >= 0.3 is 0 Å². The molecule has 0 amide bonds. The third-order valence-electron chi connectivity index (χ3n) is 4.04. The second-order valence-corrected chi connectivity index (χ2v) is 6.64. The molecule has 1 atom stereocenters. The highest BCUT2D eigenvalue weighted by atomic mass is 19.1. The highest BCUT2D eigenvalue weighted by Crippen LogP contribution is 2.29. The van der Waals surface area contributed by atoms with Crippen molar-refractivity contribution in [3.05, 3.63) is 35.6 Å². The molecule has 1 saturated heterocycles. The van der Waals surface area contributed by atoms with Gasteiger partial charge in [-0.15, -0.1) is 0 Å². The standard InChI is InChI=1S/C17H27FN2O/c1-14(2)19-11-17(8-9-21-13-17)12-20(3)10-15-4-6-16(18)7-5-15/h4-7,14,19H,8-13H2,1-3H3. The van der Waals surface area contributed by atoms with Crippen LogP contribution in [0.5, 0.6) is 0 Å². The van der Waals surface area contributed by atoms with Crippen molar-refractivity contribution in [2.45, 2.75) is 32.9 Å². The van der Waals surface area contributed by atoms with Gasteiger partial charge in [0.05, 0.1) is 6.61 Å². The van der Waals surface area contributed by atoms with Gasteiger partial charge in [0.2, 0.25) is 0 Å². The van der Waals surface area contributed by atoms with E-state index in [4.69, 9.17) is 4.74 Å². The molecule has 1 fully saturated rings. The molecule has 1 heterocycles. The summed E-state index contributed by atoms with van der Waals surface area (Å²) >= 11 is 0. The van der Waals surface area contributed by atoms with Crippen molar-refractivity contribution in [1.82, 2.24) is 10.2 Å². The van der Waals surface area contributed by atoms with E-state index in [0.717, 1.165) is 44.8 Å². The molecule has 1 aliphatic heterocycles. The van der Waals surface area contributed by atoms with Gasteiger partial charge in [0, 0.05) is 37.7 Å². The first-order chi connectivity index (χ1) is 9.99. The molecule has 1 N–H and O–H groups in total. The third-order valence-corrected chi connectivity index (χ3v) is 4.04. The van der Waals surface area contributed by atoms with E-state index in [2.05, 4.69) is 31.1 Å². The maximum Gasteiger partial charge on any atom is 0.123 e. The molecule has 2 rings (SSSR count). The number of nitrogens with one attached hydrogen (secondary N) is 1. The maximum absolute atomic E-state index is 13.0. The van der Waals surface area contributed by atoms with Crippen LogP contribution in [0.4, 0.5) is 4.39 Å². The fraction of sp³-hybridized carbons (Fsp3) is 0.647. The fourth-order valence-corrected chi connectivity index (χ4v) is 2.92. The first-order valence-corrected chi connectivity index (χ1v) is 7.73. The van der Waals surface area contributed by atoms with Crippen LogP contribution in [0.2, 0.25) is 0 Å². The Labute approximate surface area is 127 Å². The van der Waals surface area contributed by atoms with Crippen molar-refractivity contribution < 1.29 is 9.13 Å². The summed E-state index contributed by atoms with van der Waals surface area (Å²) in [5.41, 5.74) is 1.34. The first kappa shape index (κ1) is 16.4. The lowest BCUT2D eigenvalue weighted by Gasteiger charge is -2.33. The Hall–Kier alpha value is -0.970. The van der Waals surface area contributed by atoms with Gasteiger partial charge in [0.1, 0.15) is 5.82 Å². The zero-order valence-corrected chi connectivity index (χ0v) is 13.4. The maximum atomic E-state index is 13.0. The minimum atomic E-state index is -0.178. The van der Waals surface area contributed by atoms with E-state index < -0.39 is 0 Å². The van der Waals surface area contributed by atoms with Gasteiger partial charge in [-0.3, -0.25) is 0 Å². The predicted molar refractivity (Wildman–Crippen MR) is 83.7 cm³/mol. The average molecular weight is 294 g/mol. The molecular formula is C17H27FN2O. The summed E-state index contributed by atoms with van der Waals surface area (Å²) in [5.74, 6) is -0.178. The quantitative estimate of drug-likeness (QED) is 0.837. The van der Waals surface area contributed by atoms with Crippen LogP contribution in [0.25, 0.3) is 0 Å². The zero-order valence-electron chi connectivity index (χ0n) is 13.4. The van der Waals surface area contributed by atoms with Crippen LogP contribution < -0.4 is 5.32 Å². The number of nitrogens with zero attached hydrogens (tertiary/aromatic N) is 1. The van der Waals surface area contributed by atoms with Crippen LogP contribution in [-0.4, -0.2) is 44.3 Å². The second-order valence-electron chi connectivity index (χ2n) is 6.64. The normalized spacial score (nSPS) is 22.4.